The summed E-state index contributed by atoms with van der Waals surface area (Å²) in [6.07, 6.45) is -4.95. The summed E-state index contributed by atoms with van der Waals surface area (Å²) in [5.41, 5.74) is 1.56. The minimum atomic E-state index is -4.95. The minimum absolute atomic E-state index is 0.0259. The van der Waals surface area contributed by atoms with Gasteiger partial charge in [0.2, 0.25) is 0 Å². The predicted molar refractivity (Wildman–Crippen MR) is 84.6 cm³/mol. The van der Waals surface area contributed by atoms with Crippen molar-refractivity contribution in [1.82, 2.24) is 0 Å². The summed E-state index contributed by atoms with van der Waals surface area (Å²) < 4.78 is 50.1. The molecule has 2 aromatic rings. The van der Waals surface area contributed by atoms with Crippen LogP contribution >= 0.6 is 11.6 Å². The standard InChI is InChI=1S/C16H13ClF4N2O/c1-9-5-14(12(17)7-13(9)18)22-8-10-3-2-4-11(6-10)23-15(24)16(19,20)21/h2-7,22H,8H2,1H3,(H,23,24). The number of amides is 1. The third-order valence-corrected chi connectivity index (χ3v) is 3.49. The highest BCUT2D eigenvalue weighted by Crippen LogP contribution is 2.26. The molecule has 0 fully saturated rings. The summed E-state index contributed by atoms with van der Waals surface area (Å²) in [7, 11) is 0. The number of hydrogen-bond donors (Lipinski definition) is 2. The Labute approximate surface area is 140 Å². The first-order valence-corrected chi connectivity index (χ1v) is 7.21. The SMILES string of the molecule is Cc1cc(NCc2cccc(NC(=O)C(F)(F)F)c2)c(Cl)cc1F. The molecule has 0 saturated carbocycles. The van der Waals surface area contributed by atoms with Crippen LogP contribution in [0.3, 0.4) is 0 Å². The van der Waals surface area contributed by atoms with Crippen molar-refractivity contribution in [1.29, 1.82) is 0 Å². The summed E-state index contributed by atoms with van der Waals surface area (Å²) >= 11 is 5.93. The van der Waals surface area contributed by atoms with Crippen LogP contribution in [0.1, 0.15) is 11.1 Å². The van der Waals surface area contributed by atoms with Gasteiger partial charge in [0.25, 0.3) is 0 Å². The quantitative estimate of drug-likeness (QED) is 0.761. The Morgan fingerprint density at radius 3 is 2.58 bits per heavy atom. The highest BCUT2D eigenvalue weighted by Gasteiger charge is 2.38. The number of aryl methyl sites for hydroxylation is 1. The van der Waals surface area contributed by atoms with Gasteiger partial charge in [-0.15, -0.1) is 0 Å². The normalized spacial score (nSPS) is 11.2. The van der Waals surface area contributed by atoms with Crippen LogP contribution in [-0.4, -0.2) is 12.1 Å². The Hall–Kier alpha value is -2.28. The highest BCUT2D eigenvalue weighted by molar-refractivity contribution is 6.33. The number of alkyl halides is 3. The highest BCUT2D eigenvalue weighted by atomic mass is 35.5. The van der Waals surface area contributed by atoms with Crippen molar-refractivity contribution in [2.24, 2.45) is 0 Å². The molecule has 0 unspecified atom stereocenters. The molecule has 0 aliphatic rings. The molecule has 1 amide bonds. The third kappa shape index (κ3) is 4.61. The van der Waals surface area contributed by atoms with Crippen molar-refractivity contribution >= 4 is 28.9 Å². The van der Waals surface area contributed by atoms with Crippen LogP contribution in [0.2, 0.25) is 5.02 Å². The summed E-state index contributed by atoms with van der Waals surface area (Å²) in [4.78, 5) is 10.9. The summed E-state index contributed by atoms with van der Waals surface area (Å²) in [6, 6.07) is 8.65. The van der Waals surface area contributed by atoms with Crippen LogP contribution in [-0.2, 0) is 11.3 Å². The average Bonchev–Trinajstić information content (AvgIpc) is 2.49. The van der Waals surface area contributed by atoms with E-state index in [1.54, 1.807) is 18.3 Å². The Morgan fingerprint density at radius 2 is 1.92 bits per heavy atom. The van der Waals surface area contributed by atoms with Gasteiger partial charge in [0.15, 0.2) is 0 Å². The zero-order valence-electron chi connectivity index (χ0n) is 12.5. The number of nitrogens with one attached hydrogen (secondary N) is 2. The topological polar surface area (TPSA) is 41.1 Å². The monoisotopic (exact) mass is 360 g/mol. The van der Waals surface area contributed by atoms with E-state index in [9.17, 15) is 22.4 Å². The molecule has 0 radical (unpaired) electrons. The lowest BCUT2D eigenvalue weighted by Crippen LogP contribution is -2.29. The lowest BCUT2D eigenvalue weighted by atomic mass is 10.1. The minimum Gasteiger partial charge on any atom is -0.380 e. The number of halogens is 5. The van der Waals surface area contributed by atoms with Crippen molar-refractivity contribution < 1.29 is 22.4 Å². The van der Waals surface area contributed by atoms with Gasteiger partial charge in [-0.25, -0.2) is 4.39 Å². The van der Waals surface area contributed by atoms with Gasteiger partial charge in [-0.05, 0) is 42.3 Å². The number of benzene rings is 2. The van der Waals surface area contributed by atoms with Crippen LogP contribution in [0.25, 0.3) is 0 Å². The van der Waals surface area contributed by atoms with Gasteiger partial charge in [-0.2, -0.15) is 13.2 Å². The fourth-order valence-corrected chi connectivity index (χ4v) is 2.17. The maximum absolute atomic E-state index is 13.3. The Morgan fingerprint density at radius 1 is 1.21 bits per heavy atom. The summed E-state index contributed by atoms with van der Waals surface area (Å²) in [6.45, 7) is 1.82. The third-order valence-electron chi connectivity index (χ3n) is 3.17. The number of carbonyl (C=O) groups is 1. The second-order valence-electron chi connectivity index (χ2n) is 5.09. The van der Waals surface area contributed by atoms with Crippen molar-refractivity contribution in [3.63, 3.8) is 0 Å². The van der Waals surface area contributed by atoms with Crippen molar-refractivity contribution in [3.8, 4) is 0 Å². The molecule has 2 aromatic carbocycles. The van der Waals surface area contributed by atoms with E-state index in [2.05, 4.69) is 5.32 Å². The lowest BCUT2D eigenvalue weighted by molar-refractivity contribution is -0.167. The van der Waals surface area contributed by atoms with Crippen LogP contribution in [0.5, 0.6) is 0 Å². The maximum Gasteiger partial charge on any atom is 0.471 e. The van der Waals surface area contributed by atoms with Crippen LogP contribution in [0.4, 0.5) is 28.9 Å². The van der Waals surface area contributed by atoms with Gasteiger partial charge in [0.1, 0.15) is 5.82 Å². The lowest BCUT2D eigenvalue weighted by Gasteiger charge is -2.12. The van der Waals surface area contributed by atoms with Gasteiger partial charge in [0.05, 0.1) is 10.7 Å². The fraction of sp³-hybridized carbons (Fsp3) is 0.188. The van der Waals surface area contributed by atoms with Crippen molar-refractivity contribution in [2.75, 3.05) is 10.6 Å². The maximum atomic E-state index is 13.3. The zero-order chi connectivity index (χ0) is 17.9. The van der Waals surface area contributed by atoms with E-state index in [1.807, 2.05) is 0 Å². The fourth-order valence-electron chi connectivity index (χ4n) is 1.95. The van der Waals surface area contributed by atoms with Crippen molar-refractivity contribution in [3.05, 3.63) is 58.4 Å². The molecule has 0 spiro atoms. The Bertz CT molecular complexity index is 762. The number of hydrogen-bond acceptors (Lipinski definition) is 2. The van der Waals surface area contributed by atoms with Crippen LogP contribution < -0.4 is 10.6 Å². The van der Waals surface area contributed by atoms with E-state index in [-0.39, 0.29) is 17.3 Å². The van der Waals surface area contributed by atoms with Gasteiger partial charge in [-0.1, -0.05) is 23.7 Å². The second kappa shape index (κ2) is 7.09. The van der Waals surface area contributed by atoms with Gasteiger partial charge < -0.3 is 10.6 Å². The van der Waals surface area contributed by atoms with Crippen LogP contribution in [0.15, 0.2) is 36.4 Å². The van der Waals surface area contributed by atoms with E-state index in [0.29, 0.717) is 16.8 Å². The first-order valence-electron chi connectivity index (χ1n) is 6.83. The number of rotatable bonds is 4. The van der Waals surface area contributed by atoms with E-state index >= 15 is 0 Å². The van der Waals surface area contributed by atoms with Crippen LogP contribution in [0, 0.1) is 12.7 Å². The molecular formula is C16H13ClF4N2O. The molecule has 0 bridgehead atoms. The molecule has 0 aromatic heterocycles. The van der Waals surface area contributed by atoms with E-state index in [1.165, 1.54) is 30.3 Å². The second-order valence-corrected chi connectivity index (χ2v) is 5.49. The van der Waals surface area contributed by atoms with Gasteiger partial charge in [-0.3, -0.25) is 4.79 Å². The number of carbonyl (C=O) groups excluding carboxylic acids is 1. The molecule has 8 heteroatoms. The molecule has 2 rings (SSSR count). The van der Waals surface area contributed by atoms with Gasteiger partial charge in [0, 0.05) is 12.2 Å². The van der Waals surface area contributed by atoms with Gasteiger partial charge >= 0.3 is 12.1 Å². The molecule has 128 valence electrons. The molecule has 0 saturated heterocycles. The molecular weight excluding hydrogens is 348 g/mol. The first kappa shape index (κ1) is 18.1. The molecule has 0 aliphatic heterocycles. The Balaban J connectivity index is 2.08. The summed E-state index contributed by atoms with van der Waals surface area (Å²) in [5, 5.41) is 4.95. The molecule has 24 heavy (non-hydrogen) atoms. The smallest absolute Gasteiger partial charge is 0.380 e. The predicted octanol–water partition coefficient (Wildman–Crippen LogP) is 4.90. The molecule has 0 heterocycles. The van der Waals surface area contributed by atoms with E-state index in [0.717, 1.165) is 0 Å². The van der Waals surface area contributed by atoms with Crippen molar-refractivity contribution in [2.45, 2.75) is 19.6 Å². The van der Waals surface area contributed by atoms with E-state index < -0.39 is 17.9 Å². The molecule has 0 aliphatic carbocycles. The first-order chi connectivity index (χ1) is 11.2. The zero-order valence-corrected chi connectivity index (χ0v) is 13.2. The summed E-state index contributed by atoms with van der Waals surface area (Å²) in [5.74, 6) is -2.47. The largest absolute Gasteiger partial charge is 0.471 e. The molecule has 3 nitrogen and oxygen atoms in total. The Kier molecular flexibility index (Phi) is 5.33. The molecule has 2 N–H and O–H groups in total. The average molecular weight is 361 g/mol. The number of anilines is 2. The molecule has 0 atom stereocenters. The van der Waals surface area contributed by atoms with E-state index in [4.69, 9.17) is 11.6 Å².